The maximum Gasteiger partial charge on any atom is 0.123 e. The number of benzene rings is 2. The molecule has 0 spiro atoms. The van der Waals surface area contributed by atoms with Crippen LogP contribution in [0.15, 0.2) is 24.3 Å². The first-order valence-corrected chi connectivity index (χ1v) is 18.7. The van der Waals surface area contributed by atoms with Crippen molar-refractivity contribution < 1.29 is 10.2 Å². The van der Waals surface area contributed by atoms with Gasteiger partial charge in [-0.3, -0.25) is 0 Å². The molecule has 0 amide bonds. The third kappa shape index (κ3) is 11.0. The number of phenols is 2. The Bertz CT molecular complexity index is 1210. The number of hydrogen-bond acceptors (Lipinski definition) is 2. The molecule has 0 saturated carbocycles. The maximum absolute atomic E-state index is 12.2. The minimum absolute atomic E-state index is 0.0629. The van der Waals surface area contributed by atoms with Gasteiger partial charge in [0.15, 0.2) is 0 Å². The summed E-state index contributed by atoms with van der Waals surface area (Å²) in [7, 11) is 0. The van der Waals surface area contributed by atoms with Crippen molar-refractivity contribution in [2.75, 3.05) is 0 Å². The summed E-state index contributed by atoms with van der Waals surface area (Å²) in [6.45, 7) is 48.2. The van der Waals surface area contributed by atoms with E-state index in [-0.39, 0.29) is 49.2 Å². The Balaban J connectivity index is 3.05. The Morgan fingerprint density at radius 1 is 0.375 bits per heavy atom. The molecule has 0 aliphatic carbocycles. The zero-order chi connectivity index (χ0) is 37.9. The number of hydrogen-bond donors (Lipinski definition) is 2. The predicted octanol–water partition coefficient (Wildman–Crippen LogP) is 14.1. The standard InChI is InChI=1S/C46H78O2/c1-30(31-22-33(43(14,15)26-39(2,3)4)37(47)34(23-31)44(16,17)27-40(5,6)7)32-24-35(45(18,19)28-41(8,9)10)38(48)36(25-32)46(20,21)29-42(11,12)13/h22-25,30,47-48H,26-29H2,1-21H3. The molecule has 2 heteroatoms. The van der Waals surface area contributed by atoms with Crippen LogP contribution >= 0.6 is 0 Å². The van der Waals surface area contributed by atoms with Crippen LogP contribution in [0.3, 0.4) is 0 Å². The van der Waals surface area contributed by atoms with Gasteiger partial charge in [0.05, 0.1) is 0 Å². The van der Waals surface area contributed by atoms with Crippen LogP contribution in [-0.4, -0.2) is 10.2 Å². The molecule has 2 nitrogen and oxygen atoms in total. The van der Waals surface area contributed by atoms with E-state index < -0.39 is 0 Å². The van der Waals surface area contributed by atoms with Gasteiger partial charge < -0.3 is 10.2 Å². The van der Waals surface area contributed by atoms with Gasteiger partial charge in [-0.25, -0.2) is 0 Å². The van der Waals surface area contributed by atoms with Crippen LogP contribution in [0.4, 0.5) is 0 Å². The Hall–Kier alpha value is -1.96. The summed E-state index contributed by atoms with van der Waals surface area (Å²) < 4.78 is 0. The van der Waals surface area contributed by atoms with E-state index in [2.05, 4.69) is 170 Å². The molecule has 48 heavy (non-hydrogen) atoms. The lowest BCUT2D eigenvalue weighted by Crippen LogP contribution is -2.29. The molecule has 0 aromatic heterocycles. The SMILES string of the molecule is CC(c1cc(C(C)(C)CC(C)(C)C)c(O)c(C(C)(C)CC(C)(C)C)c1)c1cc(C(C)(C)CC(C)(C)C)c(O)c(C(C)(C)CC(C)(C)C)c1. The third-order valence-electron chi connectivity index (χ3n) is 10.1. The van der Waals surface area contributed by atoms with Crippen LogP contribution in [0.1, 0.15) is 210 Å². The van der Waals surface area contributed by atoms with Gasteiger partial charge in [0.25, 0.3) is 0 Å². The Labute approximate surface area is 298 Å². The number of phenolic OH excluding ortho intramolecular Hbond substituents is 2. The second-order valence-electron chi connectivity index (χ2n) is 23.1. The molecule has 2 aromatic carbocycles. The average molecular weight is 663 g/mol. The third-order valence-corrected chi connectivity index (χ3v) is 10.1. The van der Waals surface area contributed by atoms with E-state index in [4.69, 9.17) is 0 Å². The van der Waals surface area contributed by atoms with Crippen molar-refractivity contribution in [2.45, 2.75) is 199 Å². The summed E-state index contributed by atoms with van der Waals surface area (Å²) in [5.74, 6) is 0.978. The summed E-state index contributed by atoms with van der Waals surface area (Å²) in [4.78, 5) is 0. The van der Waals surface area contributed by atoms with Gasteiger partial charge in [0, 0.05) is 28.2 Å². The minimum atomic E-state index is -0.223. The minimum Gasteiger partial charge on any atom is -0.507 e. The van der Waals surface area contributed by atoms with E-state index in [0.29, 0.717) is 11.5 Å². The molecule has 0 radical (unpaired) electrons. The maximum atomic E-state index is 12.2. The van der Waals surface area contributed by atoms with Gasteiger partial charge in [-0.1, -0.05) is 170 Å². The van der Waals surface area contributed by atoms with Crippen LogP contribution in [0.2, 0.25) is 0 Å². The fourth-order valence-electron chi connectivity index (χ4n) is 9.75. The second-order valence-corrected chi connectivity index (χ2v) is 23.1. The summed E-state index contributed by atoms with van der Waals surface area (Å²) in [6.07, 6.45) is 3.83. The van der Waals surface area contributed by atoms with Gasteiger partial charge in [-0.05, 0) is 80.1 Å². The second kappa shape index (κ2) is 13.3. The zero-order valence-electron chi connectivity index (χ0n) is 35.6. The molecule has 0 fully saturated rings. The fraction of sp³-hybridized carbons (Fsp3) is 0.739. The summed E-state index contributed by atoms with van der Waals surface area (Å²) >= 11 is 0. The average Bonchev–Trinajstić information content (AvgIpc) is 2.77. The first-order chi connectivity index (χ1) is 21.0. The van der Waals surface area contributed by atoms with Crippen molar-refractivity contribution in [1.82, 2.24) is 0 Å². The normalized spacial score (nSPS) is 14.6. The lowest BCUT2D eigenvalue weighted by molar-refractivity contribution is 0.267. The summed E-state index contributed by atoms with van der Waals surface area (Å²) in [5, 5.41) is 24.3. The molecule has 2 N–H and O–H groups in total. The highest BCUT2D eigenvalue weighted by Crippen LogP contribution is 2.51. The van der Waals surface area contributed by atoms with Crippen molar-refractivity contribution >= 4 is 0 Å². The highest BCUT2D eigenvalue weighted by Gasteiger charge is 2.38. The zero-order valence-corrected chi connectivity index (χ0v) is 35.6. The van der Waals surface area contributed by atoms with E-state index in [1.807, 2.05) is 0 Å². The molecular formula is C46H78O2. The largest absolute Gasteiger partial charge is 0.507 e. The number of rotatable bonds is 10. The van der Waals surface area contributed by atoms with E-state index in [1.54, 1.807) is 0 Å². The highest BCUT2D eigenvalue weighted by molar-refractivity contribution is 5.55. The van der Waals surface area contributed by atoms with Gasteiger partial charge >= 0.3 is 0 Å². The van der Waals surface area contributed by atoms with Crippen molar-refractivity contribution in [3.8, 4) is 11.5 Å². The lowest BCUT2D eigenvalue weighted by atomic mass is 9.66. The first-order valence-electron chi connectivity index (χ1n) is 18.7. The lowest BCUT2D eigenvalue weighted by Gasteiger charge is -2.39. The molecule has 0 heterocycles. The predicted molar refractivity (Wildman–Crippen MR) is 212 cm³/mol. The smallest absolute Gasteiger partial charge is 0.123 e. The molecule has 0 aliphatic rings. The molecule has 2 aromatic rings. The van der Waals surface area contributed by atoms with Gasteiger partial charge in [0.2, 0.25) is 0 Å². The molecule has 0 bridgehead atoms. The number of aromatic hydroxyl groups is 2. The van der Waals surface area contributed by atoms with Crippen molar-refractivity contribution in [3.63, 3.8) is 0 Å². The van der Waals surface area contributed by atoms with E-state index >= 15 is 0 Å². The molecule has 0 unspecified atom stereocenters. The molecule has 0 atom stereocenters. The molecule has 2 rings (SSSR count). The van der Waals surface area contributed by atoms with Crippen molar-refractivity contribution in [2.24, 2.45) is 21.7 Å². The van der Waals surface area contributed by atoms with E-state index in [0.717, 1.165) is 47.9 Å². The molecule has 274 valence electrons. The first kappa shape index (κ1) is 42.2. The van der Waals surface area contributed by atoms with Gasteiger partial charge in [0.1, 0.15) is 11.5 Å². The van der Waals surface area contributed by atoms with Gasteiger partial charge in [-0.15, -0.1) is 0 Å². The van der Waals surface area contributed by atoms with Crippen LogP contribution < -0.4 is 0 Å². The summed E-state index contributed by atoms with van der Waals surface area (Å²) in [6, 6.07) is 9.20. The van der Waals surface area contributed by atoms with Crippen LogP contribution in [-0.2, 0) is 21.7 Å². The quantitative estimate of drug-likeness (QED) is 0.266. The Morgan fingerprint density at radius 2 is 0.542 bits per heavy atom. The van der Waals surface area contributed by atoms with Crippen molar-refractivity contribution in [3.05, 3.63) is 57.6 Å². The Kier molecular flexibility index (Phi) is 11.7. The monoisotopic (exact) mass is 663 g/mol. The molecule has 0 saturated heterocycles. The highest BCUT2D eigenvalue weighted by atomic mass is 16.3. The van der Waals surface area contributed by atoms with Gasteiger partial charge in [-0.2, -0.15) is 0 Å². The molecule has 0 aliphatic heterocycles. The van der Waals surface area contributed by atoms with Crippen LogP contribution in [0.25, 0.3) is 0 Å². The van der Waals surface area contributed by atoms with Crippen LogP contribution in [0, 0.1) is 21.7 Å². The van der Waals surface area contributed by atoms with E-state index in [9.17, 15) is 10.2 Å². The topological polar surface area (TPSA) is 40.5 Å². The van der Waals surface area contributed by atoms with Crippen molar-refractivity contribution in [1.29, 1.82) is 0 Å². The Morgan fingerprint density at radius 3 is 0.688 bits per heavy atom. The van der Waals surface area contributed by atoms with E-state index in [1.165, 1.54) is 11.1 Å². The van der Waals surface area contributed by atoms with Crippen LogP contribution in [0.5, 0.6) is 11.5 Å². The fourth-order valence-corrected chi connectivity index (χ4v) is 9.75. The molecular weight excluding hydrogens is 585 g/mol. The summed E-state index contributed by atoms with van der Waals surface area (Å²) in [5.41, 5.74) is 6.16.